The number of ketones is 1. The molecule has 5 rings (SSSR count). The van der Waals surface area contributed by atoms with Crippen LogP contribution in [0.5, 0.6) is 5.75 Å². The number of carbonyl (C=O) groups excluding carboxylic acids is 1. The number of anilines is 2. The normalized spacial score (nSPS) is 20.8. The van der Waals surface area contributed by atoms with Crippen molar-refractivity contribution in [2.24, 2.45) is 0 Å². The molecule has 0 saturated carbocycles. The maximum atomic E-state index is 13.4. The first-order chi connectivity index (χ1) is 14.2. The van der Waals surface area contributed by atoms with Gasteiger partial charge in [-0.1, -0.05) is 54.6 Å². The summed E-state index contributed by atoms with van der Waals surface area (Å²) in [6.07, 6.45) is 1.28. The molecule has 2 atom stereocenters. The van der Waals surface area contributed by atoms with E-state index in [9.17, 15) is 9.90 Å². The highest BCUT2D eigenvalue weighted by Crippen LogP contribution is 2.44. The summed E-state index contributed by atoms with van der Waals surface area (Å²) in [5.41, 5.74) is 5.86. The van der Waals surface area contributed by atoms with Gasteiger partial charge in [0.1, 0.15) is 5.75 Å². The summed E-state index contributed by atoms with van der Waals surface area (Å²) in [6, 6.07) is 25.1. The van der Waals surface area contributed by atoms with Gasteiger partial charge in [-0.15, -0.1) is 0 Å². The van der Waals surface area contributed by atoms with E-state index in [0.717, 1.165) is 34.6 Å². The Labute approximate surface area is 169 Å². The van der Waals surface area contributed by atoms with Crippen LogP contribution in [0.25, 0.3) is 0 Å². The van der Waals surface area contributed by atoms with Crippen LogP contribution in [0.2, 0.25) is 0 Å². The van der Waals surface area contributed by atoms with Crippen LogP contribution in [0.1, 0.15) is 35.9 Å². The molecule has 29 heavy (non-hydrogen) atoms. The van der Waals surface area contributed by atoms with Gasteiger partial charge < -0.3 is 15.7 Å². The van der Waals surface area contributed by atoms with Gasteiger partial charge in [0.25, 0.3) is 0 Å². The van der Waals surface area contributed by atoms with Crippen LogP contribution in [0.3, 0.4) is 0 Å². The summed E-state index contributed by atoms with van der Waals surface area (Å²) in [6.45, 7) is 0. The number of aromatic hydroxyl groups is 1. The van der Waals surface area contributed by atoms with Gasteiger partial charge in [0.05, 0.1) is 17.4 Å². The van der Waals surface area contributed by atoms with Crippen LogP contribution in [-0.4, -0.2) is 10.9 Å². The molecule has 3 aromatic rings. The van der Waals surface area contributed by atoms with Crippen molar-refractivity contribution in [1.82, 2.24) is 0 Å². The molecule has 1 heterocycles. The molecule has 4 heteroatoms. The molecule has 144 valence electrons. The zero-order chi connectivity index (χ0) is 19.8. The molecule has 1 aliphatic heterocycles. The summed E-state index contributed by atoms with van der Waals surface area (Å²) in [7, 11) is 0. The van der Waals surface area contributed by atoms with Crippen molar-refractivity contribution in [1.29, 1.82) is 0 Å². The van der Waals surface area contributed by atoms with Crippen LogP contribution in [0, 0.1) is 0 Å². The predicted octanol–water partition coefficient (Wildman–Crippen LogP) is 5.37. The van der Waals surface area contributed by atoms with Crippen LogP contribution < -0.4 is 10.6 Å². The molecule has 0 fully saturated rings. The number of nitrogens with one attached hydrogen (secondary N) is 2. The van der Waals surface area contributed by atoms with Gasteiger partial charge in [0.15, 0.2) is 5.78 Å². The molecule has 0 saturated heterocycles. The molecule has 0 bridgehead atoms. The maximum absolute atomic E-state index is 13.4. The van der Waals surface area contributed by atoms with Gasteiger partial charge in [-0.05, 0) is 47.7 Å². The third-order valence-electron chi connectivity index (χ3n) is 5.81. The lowest BCUT2D eigenvalue weighted by molar-refractivity contribution is -0.116. The number of Topliss-reactive ketones (excluding diaryl/α,β-unsaturated/α-hetero) is 1. The first-order valence-electron chi connectivity index (χ1n) is 9.92. The Morgan fingerprint density at radius 3 is 2.21 bits per heavy atom. The predicted molar refractivity (Wildman–Crippen MR) is 115 cm³/mol. The second-order valence-corrected chi connectivity index (χ2v) is 7.67. The van der Waals surface area contributed by atoms with Crippen LogP contribution >= 0.6 is 0 Å². The molecular formula is C25H22N2O2. The number of benzene rings is 3. The highest BCUT2D eigenvalue weighted by Gasteiger charge is 2.35. The first-order valence-corrected chi connectivity index (χ1v) is 9.92. The van der Waals surface area contributed by atoms with E-state index in [1.54, 1.807) is 12.1 Å². The van der Waals surface area contributed by atoms with Gasteiger partial charge in [0.2, 0.25) is 0 Å². The van der Waals surface area contributed by atoms with E-state index in [4.69, 9.17) is 0 Å². The van der Waals surface area contributed by atoms with Crippen molar-refractivity contribution in [3.05, 3.63) is 101 Å². The molecule has 2 unspecified atom stereocenters. The number of rotatable bonds is 2. The van der Waals surface area contributed by atoms with E-state index < -0.39 is 0 Å². The van der Waals surface area contributed by atoms with Gasteiger partial charge >= 0.3 is 0 Å². The van der Waals surface area contributed by atoms with E-state index in [1.807, 2.05) is 54.6 Å². The Kier molecular flexibility index (Phi) is 4.32. The smallest absolute Gasteiger partial charge is 0.163 e. The first kappa shape index (κ1) is 17.6. The monoisotopic (exact) mass is 382 g/mol. The number of carbonyl (C=O) groups is 1. The molecule has 3 N–H and O–H groups in total. The van der Waals surface area contributed by atoms with E-state index in [1.165, 1.54) is 5.56 Å². The Bertz CT molecular complexity index is 1090. The summed E-state index contributed by atoms with van der Waals surface area (Å²) in [4.78, 5) is 13.4. The Morgan fingerprint density at radius 2 is 1.45 bits per heavy atom. The molecule has 4 nitrogen and oxygen atoms in total. The fourth-order valence-electron chi connectivity index (χ4n) is 4.37. The molecule has 0 radical (unpaired) electrons. The molecule has 1 aliphatic carbocycles. The van der Waals surface area contributed by atoms with Crippen molar-refractivity contribution in [2.75, 3.05) is 10.6 Å². The van der Waals surface area contributed by atoms with Crippen molar-refractivity contribution >= 4 is 17.2 Å². The SMILES string of the molecule is O=C1CC(c2ccccc2)CC2=C1C(c1ccc(O)cc1)Nc1ccccc1N2. The van der Waals surface area contributed by atoms with Gasteiger partial charge in [-0.3, -0.25) is 4.79 Å². The Morgan fingerprint density at radius 1 is 0.759 bits per heavy atom. The average molecular weight is 382 g/mol. The summed E-state index contributed by atoms with van der Waals surface area (Å²) >= 11 is 0. The highest BCUT2D eigenvalue weighted by atomic mass is 16.3. The standard InChI is InChI=1S/C25H22N2O2/c28-19-12-10-17(11-13-19)25-24-22(26-20-8-4-5-9-21(20)27-25)14-18(15-23(24)29)16-6-2-1-3-7-16/h1-13,18,25-28H,14-15H2. The minimum atomic E-state index is -0.258. The van der Waals surface area contributed by atoms with Crippen molar-refractivity contribution < 1.29 is 9.90 Å². The molecule has 0 spiro atoms. The third kappa shape index (κ3) is 3.27. The number of hydrogen-bond donors (Lipinski definition) is 3. The zero-order valence-corrected chi connectivity index (χ0v) is 15.9. The van der Waals surface area contributed by atoms with E-state index in [0.29, 0.717) is 6.42 Å². The van der Waals surface area contributed by atoms with Gasteiger partial charge in [-0.2, -0.15) is 0 Å². The van der Waals surface area contributed by atoms with E-state index in [2.05, 4.69) is 22.8 Å². The number of fused-ring (bicyclic) bond motifs is 1. The number of allylic oxidation sites excluding steroid dienone is 1. The van der Waals surface area contributed by atoms with Gasteiger partial charge in [0, 0.05) is 17.7 Å². The second-order valence-electron chi connectivity index (χ2n) is 7.67. The van der Waals surface area contributed by atoms with Crippen LogP contribution in [0.4, 0.5) is 11.4 Å². The summed E-state index contributed by atoms with van der Waals surface area (Å²) < 4.78 is 0. The van der Waals surface area contributed by atoms with Crippen LogP contribution in [-0.2, 0) is 4.79 Å². The van der Waals surface area contributed by atoms with Gasteiger partial charge in [-0.25, -0.2) is 0 Å². The van der Waals surface area contributed by atoms with Crippen LogP contribution in [0.15, 0.2) is 90.1 Å². The largest absolute Gasteiger partial charge is 0.508 e. The number of para-hydroxylation sites is 2. The lowest BCUT2D eigenvalue weighted by atomic mass is 9.78. The molecular weight excluding hydrogens is 360 g/mol. The quantitative estimate of drug-likeness (QED) is 0.557. The van der Waals surface area contributed by atoms with E-state index in [-0.39, 0.29) is 23.5 Å². The summed E-state index contributed by atoms with van der Waals surface area (Å²) in [5, 5.41) is 16.8. The van der Waals surface area contributed by atoms with E-state index >= 15 is 0 Å². The fourth-order valence-corrected chi connectivity index (χ4v) is 4.37. The Hall–Kier alpha value is -3.53. The number of phenols is 1. The number of hydrogen-bond acceptors (Lipinski definition) is 4. The number of phenolic OH excluding ortho intramolecular Hbond substituents is 1. The molecule has 0 aromatic heterocycles. The maximum Gasteiger partial charge on any atom is 0.163 e. The summed E-state index contributed by atoms with van der Waals surface area (Å²) in [5.74, 6) is 0.542. The lowest BCUT2D eigenvalue weighted by Gasteiger charge is -2.30. The van der Waals surface area contributed by atoms with Crippen molar-refractivity contribution in [3.8, 4) is 5.75 Å². The highest BCUT2D eigenvalue weighted by molar-refractivity contribution is 6.01. The topological polar surface area (TPSA) is 61.4 Å². The molecule has 3 aromatic carbocycles. The third-order valence-corrected chi connectivity index (χ3v) is 5.81. The lowest BCUT2D eigenvalue weighted by Crippen LogP contribution is -2.26. The Balaban J connectivity index is 1.61. The fraction of sp³-hybridized carbons (Fsp3) is 0.160. The molecule has 2 aliphatic rings. The van der Waals surface area contributed by atoms with Crippen molar-refractivity contribution in [2.45, 2.75) is 24.8 Å². The second kappa shape index (κ2) is 7.13. The average Bonchev–Trinajstić information content (AvgIpc) is 2.92. The molecule has 0 amide bonds. The van der Waals surface area contributed by atoms with Crippen molar-refractivity contribution in [3.63, 3.8) is 0 Å². The minimum Gasteiger partial charge on any atom is -0.508 e. The minimum absolute atomic E-state index is 0.158. The zero-order valence-electron chi connectivity index (χ0n) is 15.9.